The van der Waals surface area contributed by atoms with Crippen molar-refractivity contribution in [2.75, 3.05) is 7.11 Å². The summed E-state index contributed by atoms with van der Waals surface area (Å²) in [5.41, 5.74) is 6.49. The van der Waals surface area contributed by atoms with Gasteiger partial charge in [-0.15, -0.1) is 0 Å². The Morgan fingerprint density at radius 2 is 2.33 bits per heavy atom. The lowest BCUT2D eigenvalue weighted by molar-refractivity contribution is 0.0599. The maximum absolute atomic E-state index is 11.4. The summed E-state index contributed by atoms with van der Waals surface area (Å²) >= 11 is 5.88. The normalized spacial score (nSPS) is 9.47. The maximum Gasteiger partial charge on any atom is 0.338 e. The number of rotatable bonds is 2. The summed E-state index contributed by atoms with van der Waals surface area (Å²) in [5, 5.41) is 9.02. The molecular formula is C10H9ClN2O2. The number of hydrogen-bond acceptors (Lipinski definition) is 4. The van der Waals surface area contributed by atoms with Gasteiger partial charge in [-0.25, -0.2) is 4.79 Å². The number of carbonyl (C=O) groups excluding carboxylic acids is 1. The minimum Gasteiger partial charge on any atom is -0.465 e. The fraction of sp³-hybridized carbons (Fsp3) is 0.200. The van der Waals surface area contributed by atoms with E-state index in [1.54, 1.807) is 0 Å². The minimum absolute atomic E-state index is 0.120. The molecule has 0 amide bonds. The number of esters is 1. The highest BCUT2D eigenvalue weighted by Gasteiger charge is 2.15. The monoisotopic (exact) mass is 224 g/mol. The Hall–Kier alpha value is -1.57. The molecule has 78 valence electrons. The van der Waals surface area contributed by atoms with E-state index in [1.807, 2.05) is 6.07 Å². The first-order valence-electron chi connectivity index (χ1n) is 4.15. The van der Waals surface area contributed by atoms with Crippen molar-refractivity contribution in [1.82, 2.24) is 0 Å². The number of nitrogens with zero attached hydrogens (tertiary/aromatic N) is 1. The van der Waals surface area contributed by atoms with Gasteiger partial charge in [0.25, 0.3) is 0 Å². The van der Waals surface area contributed by atoms with Crippen molar-refractivity contribution in [3.05, 3.63) is 33.8 Å². The quantitative estimate of drug-likeness (QED) is 0.772. The van der Waals surface area contributed by atoms with Crippen LogP contribution in [0.25, 0.3) is 0 Å². The number of hydrogen-bond donors (Lipinski definition) is 1. The lowest BCUT2D eigenvalue weighted by Gasteiger charge is -2.08. The molecule has 0 fully saturated rings. The minimum atomic E-state index is -0.547. The largest absolute Gasteiger partial charge is 0.465 e. The zero-order valence-electron chi connectivity index (χ0n) is 8.08. The van der Waals surface area contributed by atoms with Crippen molar-refractivity contribution in [3.8, 4) is 6.07 Å². The van der Waals surface area contributed by atoms with Crippen molar-refractivity contribution in [2.24, 2.45) is 5.73 Å². The summed E-state index contributed by atoms with van der Waals surface area (Å²) in [7, 11) is 1.26. The van der Waals surface area contributed by atoms with Crippen LogP contribution in [0, 0.1) is 11.3 Å². The van der Waals surface area contributed by atoms with E-state index < -0.39 is 5.97 Å². The number of carbonyl (C=O) groups is 1. The van der Waals surface area contributed by atoms with Gasteiger partial charge in [-0.3, -0.25) is 0 Å². The first kappa shape index (κ1) is 11.5. The molecule has 1 rings (SSSR count). The Bertz CT molecular complexity index is 438. The number of nitriles is 1. The Balaban J connectivity index is 3.40. The van der Waals surface area contributed by atoms with Gasteiger partial charge in [-0.1, -0.05) is 11.6 Å². The Labute approximate surface area is 92.2 Å². The van der Waals surface area contributed by atoms with Crippen LogP contribution in [0.3, 0.4) is 0 Å². The number of methoxy groups -OCH3 is 1. The molecule has 0 bridgehead atoms. The van der Waals surface area contributed by atoms with Crippen molar-refractivity contribution < 1.29 is 9.53 Å². The molecule has 2 N–H and O–H groups in total. The molecule has 15 heavy (non-hydrogen) atoms. The van der Waals surface area contributed by atoms with E-state index in [-0.39, 0.29) is 12.1 Å². The molecule has 1 aromatic carbocycles. The van der Waals surface area contributed by atoms with E-state index in [0.29, 0.717) is 16.1 Å². The van der Waals surface area contributed by atoms with Gasteiger partial charge in [-0.05, 0) is 17.7 Å². The smallest absolute Gasteiger partial charge is 0.338 e. The third-order valence-corrected chi connectivity index (χ3v) is 2.27. The van der Waals surface area contributed by atoms with Gasteiger partial charge in [0.05, 0.1) is 24.3 Å². The molecule has 0 spiro atoms. The summed E-state index contributed by atoms with van der Waals surface area (Å²) in [6, 6.07) is 4.79. The van der Waals surface area contributed by atoms with Crippen LogP contribution >= 0.6 is 11.6 Å². The molecule has 0 saturated carbocycles. The highest BCUT2D eigenvalue weighted by Crippen LogP contribution is 2.22. The molecule has 5 heteroatoms. The summed E-state index contributed by atoms with van der Waals surface area (Å²) in [4.78, 5) is 11.4. The van der Waals surface area contributed by atoms with Gasteiger partial charge in [0, 0.05) is 11.6 Å². The molecule has 0 atom stereocenters. The van der Waals surface area contributed by atoms with E-state index in [2.05, 4.69) is 4.74 Å². The van der Waals surface area contributed by atoms with Crippen LogP contribution in [0.4, 0.5) is 0 Å². The molecule has 4 nitrogen and oxygen atoms in total. The molecule has 1 aromatic rings. The summed E-state index contributed by atoms with van der Waals surface area (Å²) in [5.74, 6) is -0.547. The second-order valence-electron chi connectivity index (χ2n) is 2.79. The molecule has 0 heterocycles. The third kappa shape index (κ3) is 2.27. The van der Waals surface area contributed by atoms with Crippen LogP contribution in [0.15, 0.2) is 12.1 Å². The fourth-order valence-electron chi connectivity index (χ4n) is 1.20. The Morgan fingerprint density at radius 1 is 1.67 bits per heavy atom. The SMILES string of the molecule is COC(=O)c1cc(C#N)cc(Cl)c1CN. The van der Waals surface area contributed by atoms with Gasteiger partial charge < -0.3 is 10.5 Å². The van der Waals surface area contributed by atoms with Gasteiger partial charge >= 0.3 is 5.97 Å². The van der Waals surface area contributed by atoms with Crippen molar-refractivity contribution in [2.45, 2.75) is 6.54 Å². The molecule has 0 radical (unpaired) electrons. The molecular weight excluding hydrogens is 216 g/mol. The predicted octanol–water partition coefficient (Wildman–Crippen LogP) is 1.46. The third-order valence-electron chi connectivity index (χ3n) is 1.93. The second kappa shape index (κ2) is 4.78. The molecule has 0 aromatic heterocycles. The van der Waals surface area contributed by atoms with E-state index in [9.17, 15) is 4.79 Å². The molecule has 0 saturated heterocycles. The molecule has 0 aliphatic heterocycles. The highest BCUT2D eigenvalue weighted by molar-refractivity contribution is 6.32. The first-order valence-corrected chi connectivity index (χ1v) is 4.52. The Morgan fingerprint density at radius 3 is 2.80 bits per heavy atom. The Kier molecular flexibility index (Phi) is 3.67. The van der Waals surface area contributed by atoms with E-state index >= 15 is 0 Å². The summed E-state index contributed by atoms with van der Waals surface area (Å²) in [6.07, 6.45) is 0. The predicted molar refractivity (Wildman–Crippen MR) is 55.4 cm³/mol. The van der Waals surface area contributed by atoms with E-state index in [1.165, 1.54) is 19.2 Å². The molecule has 0 aliphatic rings. The van der Waals surface area contributed by atoms with Crippen LogP contribution in [0.1, 0.15) is 21.5 Å². The van der Waals surface area contributed by atoms with Gasteiger partial charge in [0.2, 0.25) is 0 Å². The van der Waals surface area contributed by atoms with Crippen molar-refractivity contribution >= 4 is 17.6 Å². The van der Waals surface area contributed by atoms with E-state index in [0.717, 1.165) is 0 Å². The van der Waals surface area contributed by atoms with Gasteiger partial charge in [-0.2, -0.15) is 5.26 Å². The zero-order valence-corrected chi connectivity index (χ0v) is 8.84. The van der Waals surface area contributed by atoms with Gasteiger partial charge in [0.15, 0.2) is 0 Å². The lowest BCUT2D eigenvalue weighted by atomic mass is 10.0. The standard InChI is InChI=1S/C10H9ClN2O2/c1-15-10(14)7-2-6(4-12)3-9(11)8(7)5-13/h2-3H,5,13H2,1H3. The average Bonchev–Trinajstić information content (AvgIpc) is 2.26. The highest BCUT2D eigenvalue weighted by atomic mass is 35.5. The van der Waals surface area contributed by atoms with Gasteiger partial charge in [0.1, 0.15) is 0 Å². The molecule has 0 unspecified atom stereocenters. The molecule has 0 aliphatic carbocycles. The second-order valence-corrected chi connectivity index (χ2v) is 3.20. The summed E-state index contributed by atoms with van der Waals surface area (Å²) < 4.78 is 4.57. The van der Waals surface area contributed by atoms with Crippen LogP contribution in [0.2, 0.25) is 5.02 Å². The van der Waals surface area contributed by atoms with E-state index in [4.69, 9.17) is 22.6 Å². The van der Waals surface area contributed by atoms with Crippen molar-refractivity contribution in [1.29, 1.82) is 5.26 Å². The van der Waals surface area contributed by atoms with Crippen molar-refractivity contribution in [3.63, 3.8) is 0 Å². The first-order chi connectivity index (χ1) is 7.13. The topological polar surface area (TPSA) is 76.1 Å². The average molecular weight is 225 g/mol. The fourth-order valence-corrected chi connectivity index (χ4v) is 1.50. The maximum atomic E-state index is 11.4. The van der Waals surface area contributed by atoms with Crippen LogP contribution in [0.5, 0.6) is 0 Å². The lowest BCUT2D eigenvalue weighted by Crippen LogP contribution is -2.10. The number of halogens is 1. The zero-order chi connectivity index (χ0) is 11.4. The number of benzene rings is 1. The number of ether oxygens (including phenoxy) is 1. The van der Waals surface area contributed by atoms with Crippen LogP contribution < -0.4 is 5.73 Å². The number of nitrogens with two attached hydrogens (primary N) is 1. The van der Waals surface area contributed by atoms with Crippen LogP contribution in [-0.4, -0.2) is 13.1 Å². The van der Waals surface area contributed by atoms with Crippen LogP contribution in [-0.2, 0) is 11.3 Å². The summed E-state index contributed by atoms with van der Waals surface area (Å²) in [6.45, 7) is 0.120.